The monoisotopic (exact) mass is 582 g/mol. The fourth-order valence-electron chi connectivity index (χ4n) is 5.94. The fraction of sp³-hybridized carbons (Fsp3) is 0.0435. The van der Waals surface area contributed by atoms with Crippen molar-refractivity contribution in [3.63, 3.8) is 0 Å². The molecule has 0 aromatic heterocycles. The van der Waals surface area contributed by atoms with E-state index in [0.29, 0.717) is 0 Å². The van der Waals surface area contributed by atoms with Crippen molar-refractivity contribution in [2.24, 2.45) is 0 Å². The molecule has 0 nitrogen and oxygen atoms in total. The molecule has 0 bridgehead atoms. The van der Waals surface area contributed by atoms with Crippen molar-refractivity contribution < 1.29 is 0 Å². The zero-order chi connectivity index (χ0) is 31.3. The molecule has 0 fully saturated rings. The normalized spacial score (nSPS) is 10.3. The highest BCUT2D eigenvalue weighted by Gasteiger charge is 2.35. The summed E-state index contributed by atoms with van der Waals surface area (Å²) in [5.41, 5.74) is 5.11. The maximum atomic E-state index is 3.53. The topological polar surface area (TPSA) is 0 Å². The van der Waals surface area contributed by atoms with Crippen LogP contribution in [0.3, 0.4) is 0 Å². The van der Waals surface area contributed by atoms with Gasteiger partial charge in [-0.25, -0.2) is 0 Å². The molecule has 0 aliphatic heterocycles. The van der Waals surface area contributed by atoms with Gasteiger partial charge in [-0.3, -0.25) is 0 Å². The summed E-state index contributed by atoms with van der Waals surface area (Å²) in [5.74, 6) is 25.2. The smallest absolute Gasteiger partial charge is 0.0677 e. The fourth-order valence-corrected chi connectivity index (χ4v) is 5.94. The minimum Gasteiger partial charge on any atom is -0.0677 e. The summed E-state index contributed by atoms with van der Waals surface area (Å²) < 4.78 is 0. The van der Waals surface area contributed by atoms with Crippen LogP contribution in [0, 0.1) is 47.4 Å². The van der Waals surface area contributed by atoms with Crippen molar-refractivity contribution in [1.82, 2.24) is 0 Å². The average molecular weight is 583 g/mol. The molecule has 46 heavy (non-hydrogen) atoms. The summed E-state index contributed by atoms with van der Waals surface area (Å²) in [4.78, 5) is 0. The van der Waals surface area contributed by atoms with Gasteiger partial charge in [-0.05, 0) is 68.9 Å². The highest BCUT2D eigenvalue weighted by atomic mass is 14.3. The third-order valence-corrected chi connectivity index (χ3v) is 8.05. The van der Waals surface area contributed by atoms with Gasteiger partial charge < -0.3 is 0 Å². The molecule has 0 saturated heterocycles. The molecular weight excluding hydrogens is 553 g/mol. The van der Waals surface area contributed by atoms with Gasteiger partial charge in [-0.15, -0.1) is 0 Å². The molecule has 0 saturated carbocycles. The van der Waals surface area contributed by atoms with E-state index in [9.17, 15) is 0 Å². The van der Waals surface area contributed by atoms with Crippen LogP contribution < -0.4 is 0 Å². The largest absolute Gasteiger partial charge is 0.107 e. The van der Waals surface area contributed by atoms with E-state index in [-0.39, 0.29) is 0 Å². The van der Waals surface area contributed by atoms with E-state index in [2.05, 4.69) is 120 Å². The Labute approximate surface area is 272 Å². The van der Waals surface area contributed by atoms with Gasteiger partial charge in [0.25, 0.3) is 0 Å². The van der Waals surface area contributed by atoms with Crippen LogP contribution in [0.25, 0.3) is 0 Å². The summed E-state index contributed by atoms with van der Waals surface area (Å²) in [6, 6.07) is 62.2. The van der Waals surface area contributed by atoms with E-state index in [4.69, 9.17) is 0 Å². The molecule has 0 heteroatoms. The van der Waals surface area contributed by atoms with Gasteiger partial charge in [0, 0.05) is 0 Å². The average Bonchev–Trinajstić information content (AvgIpc) is 3.15. The Bertz CT molecular complexity index is 1770. The molecule has 0 radical (unpaired) electrons. The van der Waals surface area contributed by atoms with Crippen LogP contribution in [0.4, 0.5) is 0 Å². The zero-order valence-corrected chi connectivity index (χ0v) is 25.3. The predicted octanol–water partition coefficient (Wildman–Crippen LogP) is 9.07. The zero-order valence-electron chi connectivity index (χ0n) is 25.3. The molecule has 0 heterocycles. The van der Waals surface area contributed by atoms with Crippen LogP contribution in [0.1, 0.15) is 33.4 Å². The predicted molar refractivity (Wildman–Crippen MR) is 190 cm³/mol. The second-order valence-corrected chi connectivity index (χ2v) is 10.7. The number of hydrogen-bond acceptors (Lipinski definition) is 0. The van der Waals surface area contributed by atoms with Gasteiger partial charge in [-0.1, -0.05) is 194 Å². The lowest BCUT2D eigenvalue weighted by atomic mass is 9.70. The summed E-state index contributed by atoms with van der Waals surface area (Å²) in [6.45, 7) is 0. The van der Waals surface area contributed by atoms with Crippen molar-refractivity contribution in [3.8, 4) is 47.4 Å². The van der Waals surface area contributed by atoms with Gasteiger partial charge in [0.15, 0.2) is 0 Å². The third-order valence-electron chi connectivity index (χ3n) is 8.05. The Balaban J connectivity index is 1.41. The minimum atomic E-state index is -0.688. The van der Waals surface area contributed by atoms with E-state index in [1.54, 1.807) is 0 Å². The third kappa shape index (κ3) is 6.12. The highest BCUT2D eigenvalue weighted by molar-refractivity contribution is 5.61. The lowest BCUT2D eigenvalue weighted by Gasteiger charge is -2.30. The lowest BCUT2D eigenvalue weighted by Crippen LogP contribution is -2.27. The SMILES string of the molecule is C(C#CC#CC(c1ccccc1)(c1ccccc1)c1ccccc1)#CC#CC(c1ccccc1)(c1ccccc1)c1ccccc1. The van der Waals surface area contributed by atoms with Gasteiger partial charge in [-0.2, -0.15) is 0 Å². The Morgan fingerprint density at radius 3 is 0.587 bits per heavy atom. The molecule has 0 N–H and O–H groups in total. The minimum absolute atomic E-state index is 0.688. The second kappa shape index (κ2) is 14.4. The number of hydrogen-bond donors (Lipinski definition) is 0. The molecular formula is C46H30. The van der Waals surface area contributed by atoms with E-state index in [0.717, 1.165) is 33.4 Å². The molecule has 0 aliphatic rings. The lowest BCUT2D eigenvalue weighted by molar-refractivity contribution is 0.809. The van der Waals surface area contributed by atoms with Crippen LogP contribution in [0.2, 0.25) is 0 Å². The van der Waals surface area contributed by atoms with Crippen LogP contribution >= 0.6 is 0 Å². The van der Waals surface area contributed by atoms with Crippen molar-refractivity contribution in [2.75, 3.05) is 0 Å². The Kier molecular flexibility index (Phi) is 9.24. The first-order valence-corrected chi connectivity index (χ1v) is 15.2. The van der Waals surface area contributed by atoms with Crippen molar-refractivity contribution in [1.29, 1.82) is 0 Å². The van der Waals surface area contributed by atoms with Crippen molar-refractivity contribution in [2.45, 2.75) is 10.8 Å². The molecule has 0 aliphatic carbocycles. The molecule has 0 spiro atoms. The summed E-state index contributed by atoms with van der Waals surface area (Å²) in [6.07, 6.45) is 0. The first kappa shape index (κ1) is 29.6. The molecule has 6 aromatic carbocycles. The van der Waals surface area contributed by atoms with Gasteiger partial charge >= 0.3 is 0 Å². The molecule has 214 valence electrons. The van der Waals surface area contributed by atoms with E-state index in [1.165, 1.54) is 0 Å². The van der Waals surface area contributed by atoms with Crippen LogP contribution in [-0.4, -0.2) is 0 Å². The Hall–Kier alpha value is -6.44. The quantitative estimate of drug-likeness (QED) is 0.136. The standard InChI is InChI=1S/C46H30/c1(3-23-37-45(39-25-11-5-12-26-39,40-27-13-6-14-28-40)41-29-15-7-16-30-41)2-4-24-38-46(42-31-17-8-18-32-42,43-33-19-9-20-34-43)44-35-21-10-22-36-44/h5-22,25-36H. The molecule has 0 atom stereocenters. The van der Waals surface area contributed by atoms with Crippen LogP contribution in [0.5, 0.6) is 0 Å². The van der Waals surface area contributed by atoms with Gasteiger partial charge in [0.1, 0.15) is 10.8 Å². The Morgan fingerprint density at radius 2 is 0.391 bits per heavy atom. The second-order valence-electron chi connectivity index (χ2n) is 10.7. The van der Waals surface area contributed by atoms with E-state index >= 15 is 0 Å². The van der Waals surface area contributed by atoms with Gasteiger partial charge in [0.05, 0.1) is 0 Å². The highest BCUT2D eigenvalue weighted by Crippen LogP contribution is 2.39. The van der Waals surface area contributed by atoms with E-state index < -0.39 is 10.8 Å². The van der Waals surface area contributed by atoms with Crippen molar-refractivity contribution >= 4 is 0 Å². The Morgan fingerprint density at radius 1 is 0.217 bits per heavy atom. The van der Waals surface area contributed by atoms with Crippen molar-refractivity contribution in [3.05, 3.63) is 215 Å². The first-order chi connectivity index (χ1) is 22.8. The number of rotatable bonds is 6. The summed E-state index contributed by atoms with van der Waals surface area (Å²) in [5, 5.41) is 0. The van der Waals surface area contributed by atoms with Crippen LogP contribution in [-0.2, 0) is 10.8 Å². The van der Waals surface area contributed by atoms with Crippen LogP contribution in [0.15, 0.2) is 182 Å². The molecule has 6 aromatic rings. The summed E-state index contributed by atoms with van der Waals surface area (Å²) in [7, 11) is 0. The molecule has 6 rings (SSSR count). The van der Waals surface area contributed by atoms with Gasteiger partial charge in [0.2, 0.25) is 0 Å². The van der Waals surface area contributed by atoms with E-state index in [1.807, 2.05) is 109 Å². The molecule has 0 unspecified atom stereocenters. The maximum absolute atomic E-state index is 3.53. The molecule has 0 amide bonds. The number of benzene rings is 6. The maximum Gasteiger partial charge on any atom is 0.107 e. The first-order valence-electron chi connectivity index (χ1n) is 15.2. The summed E-state index contributed by atoms with van der Waals surface area (Å²) >= 11 is 0.